The summed E-state index contributed by atoms with van der Waals surface area (Å²) in [6.07, 6.45) is 24.6. The normalized spacial score (nSPS) is 18.9. The van der Waals surface area contributed by atoms with Crippen LogP contribution in [0.25, 0.3) is 11.4 Å². The lowest BCUT2D eigenvalue weighted by molar-refractivity contribution is 0.248. The van der Waals surface area contributed by atoms with Crippen LogP contribution in [0.1, 0.15) is 108 Å². The molecule has 1 saturated carbocycles. The number of aromatic nitrogens is 2. The zero-order valence-electron chi connectivity index (χ0n) is 20.1. The summed E-state index contributed by atoms with van der Waals surface area (Å²) >= 11 is 0. The highest BCUT2D eigenvalue weighted by molar-refractivity contribution is 5.55. The fourth-order valence-electron chi connectivity index (χ4n) is 5.05. The third-order valence-electron chi connectivity index (χ3n) is 7.26. The molecule has 0 amide bonds. The summed E-state index contributed by atoms with van der Waals surface area (Å²) in [5.74, 6) is 2.77. The van der Waals surface area contributed by atoms with E-state index in [0.717, 1.165) is 36.1 Å². The first kappa shape index (κ1) is 24.0. The van der Waals surface area contributed by atoms with Crippen molar-refractivity contribution in [3.05, 3.63) is 47.8 Å². The fraction of sp³-hybridized carbons (Fsp3) is 0.655. The summed E-state index contributed by atoms with van der Waals surface area (Å²) in [6.45, 7) is 4.54. The Hall–Kier alpha value is -1.70. The van der Waals surface area contributed by atoms with Crippen molar-refractivity contribution in [2.45, 2.75) is 110 Å². The smallest absolute Gasteiger partial charge is 0.159 e. The first-order valence-electron chi connectivity index (χ1n) is 13.2. The molecule has 0 aliphatic heterocycles. The van der Waals surface area contributed by atoms with E-state index in [9.17, 15) is 0 Å². The van der Waals surface area contributed by atoms with Crippen LogP contribution in [0.2, 0.25) is 0 Å². The van der Waals surface area contributed by atoms with Crippen LogP contribution in [-0.2, 0) is 12.8 Å². The van der Waals surface area contributed by atoms with E-state index in [-0.39, 0.29) is 0 Å². The van der Waals surface area contributed by atoms with Crippen LogP contribution in [0.4, 0.5) is 0 Å². The molecule has 170 valence electrons. The Morgan fingerprint density at radius 2 is 1.26 bits per heavy atom. The van der Waals surface area contributed by atoms with Crippen LogP contribution in [0.3, 0.4) is 0 Å². The van der Waals surface area contributed by atoms with E-state index in [1.54, 1.807) is 0 Å². The van der Waals surface area contributed by atoms with Gasteiger partial charge in [-0.3, -0.25) is 0 Å². The Kier molecular flexibility index (Phi) is 10.6. The van der Waals surface area contributed by atoms with Gasteiger partial charge in [-0.05, 0) is 48.6 Å². The van der Waals surface area contributed by atoms with Gasteiger partial charge >= 0.3 is 0 Å². The molecule has 1 aromatic carbocycles. The van der Waals surface area contributed by atoms with Crippen LogP contribution < -0.4 is 0 Å². The van der Waals surface area contributed by atoms with Gasteiger partial charge in [0.2, 0.25) is 0 Å². The monoisotopic (exact) mass is 420 g/mol. The number of rotatable bonds is 13. The second-order valence-corrected chi connectivity index (χ2v) is 9.84. The molecule has 0 unspecified atom stereocenters. The van der Waals surface area contributed by atoms with Crippen molar-refractivity contribution in [3.8, 4) is 11.4 Å². The number of hydrogen-bond donors (Lipinski definition) is 0. The molecule has 0 bridgehead atoms. The van der Waals surface area contributed by atoms with Crippen molar-refractivity contribution >= 4 is 0 Å². The first-order chi connectivity index (χ1) is 15.3. The maximum atomic E-state index is 4.66. The predicted octanol–water partition coefficient (Wildman–Crippen LogP) is 8.59. The molecule has 31 heavy (non-hydrogen) atoms. The number of benzene rings is 1. The lowest BCUT2D eigenvalue weighted by Crippen LogP contribution is -2.15. The van der Waals surface area contributed by atoms with Crippen molar-refractivity contribution < 1.29 is 0 Å². The molecular weight excluding hydrogens is 376 g/mol. The molecule has 1 aliphatic rings. The van der Waals surface area contributed by atoms with E-state index in [4.69, 9.17) is 0 Å². The molecule has 0 atom stereocenters. The summed E-state index contributed by atoms with van der Waals surface area (Å²) in [5, 5.41) is 0. The molecule has 1 aromatic heterocycles. The zero-order chi connectivity index (χ0) is 21.7. The molecule has 2 heteroatoms. The molecule has 2 aromatic rings. The minimum atomic E-state index is 0.852. The van der Waals surface area contributed by atoms with Crippen LogP contribution in [0.15, 0.2) is 36.7 Å². The van der Waals surface area contributed by atoms with Crippen molar-refractivity contribution in [1.29, 1.82) is 0 Å². The van der Waals surface area contributed by atoms with Gasteiger partial charge in [0, 0.05) is 18.0 Å². The Labute approximate surface area is 191 Å². The summed E-state index contributed by atoms with van der Waals surface area (Å²) < 4.78 is 0. The highest BCUT2D eigenvalue weighted by atomic mass is 14.9. The Morgan fingerprint density at radius 3 is 1.90 bits per heavy atom. The van der Waals surface area contributed by atoms with Crippen LogP contribution in [0.5, 0.6) is 0 Å². The molecule has 1 aliphatic carbocycles. The second-order valence-electron chi connectivity index (χ2n) is 9.84. The number of nitrogens with zero attached hydrogens (tertiary/aromatic N) is 2. The zero-order valence-corrected chi connectivity index (χ0v) is 20.1. The standard InChI is InChI=1S/C29H44N2/c1-3-5-7-8-9-11-25-12-14-26(15-13-25)16-17-27-22-30-29(31-23-27)28-20-18-24(19-21-28)10-6-4-2/h18-23,25-26H,3-17H2,1-2H3/t25-,26-. The summed E-state index contributed by atoms with van der Waals surface area (Å²) in [5.41, 5.74) is 3.83. The van der Waals surface area contributed by atoms with E-state index in [1.807, 2.05) is 0 Å². The maximum Gasteiger partial charge on any atom is 0.159 e. The third kappa shape index (κ3) is 8.39. The fourth-order valence-corrected chi connectivity index (χ4v) is 5.05. The van der Waals surface area contributed by atoms with Gasteiger partial charge in [0.15, 0.2) is 5.82 Å². The van der Waals surface area contributed by atoms with Gasteiger partial charge in [-0.15, -0.1) is 0 Å². The van der Waals surface area contributed by atoms with Gasteiger partial charge in [-0.25, -0.2) is 9.97 Å². The van der Waals surface area contributed by atoms with Crippen LogP contribution >= 0.6 is 0 Å². The quantitative estimate of drug-likeness (QED) is 0.303. The van der Waals surface area contributed by atoms with E-state index < -0.39 is 0 Å². The van der Waals surface area contributed by atoms with Crippen molar-refractivity contribution in [2.24, 2.45) is 11.8 Å². The lowest BCUT2D eigenvalue weighted by atomic mass is 9.78. The summed E-state index contributed by atoms with van der Waals surface area (Å²) in [6, 6.07) is 8.79. The molecule has 3 rings (SSSR count). The summed E-state index contributed by atoms with van der Waals surface area (Å²) in [7, 11) is 0. The van der Waals surface area contributed by atoms with Gasteiger partial charge in [0.05, 0.1) is 0 Å². The Balaban J connectivity index is 1.36. The van der Waals surface area contributed by atoms with Gasteiger partial charge in [0.1, 0.15) is 0 Å². The van der Waals surface area contributed by atoms with Gasteiger partial charge < -0.3 is 0 Å². The third-order valence-corrected chi connectivity index (χ3v) is 7.26. The van der Waals surface area contributed by atoms with Crippen molar-refractivity contribution in [2.75, 3.05) is 0 Å². The SMILES string of the molecule is CCCCCCC[C@H]1CC[C@H](CCc2cnc(-c3ccc(CCCC)cc3)nc2)CC1. The second kappa shape index (κ2) is 13.7. The maximum absolute atomic E-state index is 4.66. The van der Waals surface area contributed by atoms with E-state index in [1.165, 1.54) is 94.6 Å². The summed E-state index contributed by atoms with van der Waals surface area (Å²) in [4.78, 5) is 9.32. The topological polar surface area (TPSA) is 25.8 Å². The molecule has 1 fully saturated rings. The molecule has 0 N–H and O–H groups in total. The minimum Gasteiger partial charge on any atom is -0.236 e. The van der Waals surface area contributed by atoms with Crippen molar-refractivity contribution in [3.63, 3.8) is 0 Å². The number of hydrogen-bond acceptors (Lipinski definition) is 2. The first-order valence-corrected chi connectivity index (χ1v) is 13.2. The number of unbranched alkanes of at least 4 members (excludes halogenated alkanes) is 5. The molecular formula is C29H44N2. The molecule has 0 spiro atoms. The largest absolute Gasteiger partial charge is 0.236 e. The van der Waals surface area contributed by atoms with E-state index in [0.29, 0.717) is 0 Å². The highest BCUT2D eigenvalue weighted by Gasteiger charge is 2.20. The van der Waals surface area contributed by atoms with Crippen molar-refractivity contribution in [1.82, 2.24) is 9.97 Å². The Morgan fingerprint density at radius 1 is 0.645 bits per heavy atom. The molecule has 0 radical (unpaired) electrons. The van der Waals surface area contributed by atoms with Gasteiger partial charge in [0.25, 0.3) is 0 Å². The average molecular weight is 421 g/mol. The molecule has 0 saturated heterocycles. The average Bonchev–Trinajstić information content (AvgIpc) is 2.83. The van der Waals surface area contributed by atoms with Gasteiger partial charge in [-0.2, -0.15) is 0 Å². The van der Waals surface area contributed by atoms with E-state index in [2.05, 4.69) is 60.5 Å². The number of aryl methyl sites for hydroxylation is 2. The van der Waals surface area contributed by atoms with Gasteiger partial charge in [-0.1, -0.05) is 109 Å². The predicted molar refractivity (Wildman–Crippen MR) is 133 cm³/mol. The lowest BCUT2D eigenvalue weighted by Gasteiger charge is -2.28. The van der Waals surface area contributed by atoms with Crippen LogP contribution in [0, 0.1) is 11.8 Å². The van der Waals surface area contributed by atoms with Crippen LogP contribution in [-0.4, -0.2) is 9.97 Å². The highest BCUT2D eigenvalue weighted by Crippen LogP contribution is 2.34. The molecule has 1 heterocycles. The minimum absolute atomic E-state index is 0.852. The molecule has 2 nitrogen and oxygen atoms in total. The van der Waals surface area contributed by atoms with E-state index >= 15 is 0 Å². The Bertz CT molecular complexity index is 711.